The highest BCUT2D eigenvalue weighted by atomic mass is 35.5. The molecule has 4 aliphatic rings. The maximum absolute atomic E-state index is 11.8. The van der Waals surface area contributed by atoms with Crippen LogP contribution in [0.15, 0.2) is 18.2 Å². The van der Waals surface area contributed by atoms with Crippen LogP contribution in [0.1, 0.15) is 77.1 Å². The largest absolute Gasteiger partial charge is 0.393 e. The third kappa shape index (κ3) is 3.90. The number of hydrogen-bond donors (Lipinski definition) is 3. The second kappa shape index (κ2) is 9.19. The number of rotatable bonds is 4. The van der Waals surface area contributed by atoms with Crippen molar-refractivity contribution in [2.45, 2.75) is 96.9 Å². The highest BCUT2D eigenvalue weighted by Crippen LogP contribution is 2.68. The van der Waals surface area contributed by atoms with E-state index in [0.29, 0.717) is 29.6 Å². The number of thiazole rings is 1. The van der Waals surface area contributed by atoms with Crippen LogP contribution in [0.5, 0.6) is 0 Å². The summed E-state index contributed by atoms with van der Waals surface area (Å²) >= 11 is 7.93. The lowest BCUT2D eigenvalue weighted by Gasteiger charge is -2.63. The van der Waals surface area contributed by atoms with Crippen LogP contribution < -0.4 is 0 Å². The van der Waals surface area contributed by atoms with E-state index in [0.717, 1.165) is 68.3 Å². The van der Waals surface area contributed by atoms with Crippen molar-refractivity contribution in [3.63, 3.8) is 0 Å². The van der Waals surface area contributed by atoms with E-state index in [1.807, 2.05) is 12.1 Å². The zero-order chi connectivity index (χ0) is 25.4. The average Bonchev–Trinajstić information content (AvgIpc) is 3.40. The first-order valence-electron chi connectivity index (χ1n) is 14.2. The number of fused-ring (bicyclic) bond motifs is 6. The van der Waals surface area contributed by atoms with E-state index in [2.05, 4.69) is 26.8 Å². The Balaban J connectivity index is 1.20. The summed E-state index contributed by atoms with van der Waals surface area (Å²) in [4.78, 5) is 4.83. The maximum Gasteiger partial charge on any atom is 0.0938 e. The number of nitrogens with zero attached hydrogens (tertiary/aromatic N) is 1. The minimum atomic E-state index is -0.321. The van der Waals surface area contributed by atoms with Gasteiger partial charge in [-0.05, 0) is 122 Å². The molecule has 0 aliphatic heterocycles. The molecule has 1 unspecified atom stereocenters. The van der Waals surface area contributed by atoms with Gasteiger partial charge in [-0.25, -0.2) is 4.98 Å². The van der Waals surface area contributed by atoms with Crippen LogP contribution in [-0.4, -0.2) is 38.6 Å². The molecule has 6 heteroatoms. The second-order valence-corrected chi connectivity index (χ2v) is 14.8. The van der Waals surface area contributed by atoms with Crippen LogP contribution in [0, 0.1) is 46.3 Å². The third-order valence-corrected chi connectivity index (χ3v) is 13.1. The zero-order valence-electron chi connectivity index (χ0n) is 21.9. The Morgan fingerprint density at radius 3 is 2.69 bits per heavy atom. The summed E-state index contributed by atoms with van der Waals surface area (Å²) in [6.45, 7) is 7.12. The normalized spacial score (nSPS) is 45.2. The summed E-state index contributed by atoms with van der Waals surface area (Å²) in [5.74, 6) is 2.34. The van der Waals surface area contributed by atoms with Gasteiger partial charge in [-0.2, -0.15) is 0 Å². The molecule has 0 bridgehead atoms. The summed E-state index contributed by atoms with van der Waals surface area (Å²) in [5.41, 5.74) is 0.982. The van der Waals surface area contributed by atoms with Crippen LogP contribution in [0.25, 0.3) is 10.2 Å². The van der Waals surface area contributed by atoms with Crippen molar-refractivity contribution in [2.24, 2.45) is 46.3 Å². The molecule has 6 rings (SSSR count). The quantitative estimate of drug-likeness (QED) is 0.422. The molecule has 2 aromatic rings. The van der Waals surface area contributed by atoms with Gasteiger partial charge in [0.25, 0.3) is 0 Å². The number of hydrogen-bond acceptors (Lipinski definition) is 5. The molecule has 0 radical (unpaired) electrons. The van der Waals surface area contributed by atoms with E-state index in [1.54, 1.807) is 11.3 Å². The average molecular weight is 532 g/mol. The van der Waals surface area contributed by atoms with Crippen LogP contribution in [-0.2, 0) is 6.42 Å². The monoisotopic (exact) mass is 531 g/mol. The smallest absolute Gasteiger partial charge is 0.0938 e. The highest BCUT2D eigenvalue weighted by Gasteiger charge is 2.65. The minimum Gasteiger partial charge on any atom is -0.393 e. The first-order chi connectivity index (χ1) is 17.1. The minimum absolute atomic E-state index is 0.130. The van der Waals surface area contributed by atoms with Crippen molar-refractivity contribution >= 4 is 33.2 Å². The van der Waals surface area contributed by atoms with Gasteiger partial charge in [0.2, 0.25) is 0 Å². The van der Waals surface area contributed by atoms with Crippen molar-refractivity contribution in [1.82, 2.24) is 4.98 Å². The Labute approximate surface area is 224 Å². The Hall–Kier alpha value is -0.720. The van der Waals surface area contributed by atoms with Crippen molar-refractivity contribution in [1.29, 1.82) is 0 Å². The van der Waals surface area contributed by atoms with Crippen molar-refractivity contribution in [3.05, 3.63) is 28.2 Å². The number of benzene rings is 1. The van der Waals surface area contributed by atoms with Crippen LogP contribution in [0.3, 0.4) is 0 Å². The molecule has 4 nitrogen and oxygen atoms in total. The second-order valence-electron chi connectivity index (χ2n) is 13.3. The SMILES string of the molecule is CC(CCc1nc2cc(Cl)ccc2s1)[C@H]1CC[C@H]2[C@@H]3[C@H](O)C[C@@H]4C[C@H](O)CC[C@]4(C)[C@H]3C[C@H](O)[C@]12C. The summed E-state index contributed by atoms with van der Waals surface area (Å²) in [6.07, 6.45) is 7.76. The fourth-order valence-electron chi connectivity index (χ4n) is 9.74. The summed E-state index contributed by atoms with van der Waals surface area (Å²) in [5, 5.41) is 35.5. The summed E-state index contributed by atoms with van der Waals surface area (Å²) in [7, 11) is 0. The predicted octanol–water partition coefficient (Wildman–Crippen LogP) is 6.48. The Kier molecular flexibility index (Phi) is 6.52. The van der Waals surface area contributed by atoms with Gasteiger partial charge < -0.3 is 15.3 Å². The molecule has 4 fully saturated rings. The van der Waals surface area contributed by atoms with Gasteiger partial charge in [-0.1, -0.05) is 32.4 Å². The van der Waals surface area contributed by atoms with Gasteiger partial charge in [0.05, 0.1) is 33.5 Å². The topological polar surface area (TPSA) is 73.6 Å². The molecular weight excluding hydrogens is 490 g/mol. The van der Waals surface area contributed by atoms with Crippen LogP contribution in [0.2, 0.25) is 5.02 Å². The van der Waals surface area contributed by atoms with Gasteiger partial charge in [-0.3, -0.25) is 0 Å². The molecule has 0 amide bonds. The number of aliphatic hydroxyl groups is 3. The number of aromatic nitrogens is 1. The molecule has 198 valence electrons. The first-order valence-corrected chi connectivity index (χ1v) is 15.4. The van der Waals surface area contributed by atoms with Crippen molar-refractivity contribution < 1.29 is 15.3 Å². The van der Waals surface area contributed by atoms with Crippen LogP contribution in [0.4, 0.5) is 0 Å². The number of aryl methyl sites for hydroxylation is 1. The lowest BCUT2D eigenvalue weighted by Crippen LogP contribution is -2.62. The Morgan fingerprint density at radius 1 is 1.08 bits per heavy atom. The Bertz CT molecular complexity index is 1120. The maximum atomic E-state index is 11.8. The summed E-state index contributed by atoms with van der Waals surface area (Å²) in [6, 6.07) is 5.95. The van der Waals surface area contributed by atoms with Gasteiger partial charge in [0.15, 0.2) is 0 Å². The van der Waals surface area contributed by atoms with E-state index in [-0.39, 0.29) is 35.1 Å². The summed E-state index contributed by atoms with van der Waals surface area (Å²) < 4.78 is 1.19. The van der Waals surface area contributed by atoms with E-state index in [9.17, 15) is 15.3 Å². The van der Waals surface area contributed by atoms with E-state index in [1.165, 1.54) is 9.71 Å². The van der Waals surface area contributed by atoms with E-state index < -0.39 is 0 Å². The lowest BCUT2D eigenvalue weighted by atomic mass is 9.43. The zero-order valence-corrected chi connectivity index (χ0v) is 23.4. The molecule has 1 aromatic heterocycles. The fourth-order valence-corrected chi connectivity index (χ4v) is 10.9. The number of halogens is 1. The molecule has 1 aromatic carbocycles. The first kappa shape index (κ1) is 25.6. The predicted molar refractivity (Wildman–Crippen MR) is 146 cm³/mol. The lowest BCUT2D eigenvalue weighted by molar-refractivity contribution is -0.207. The van der Waals surface area contributed by atoms with Gasteiger partial charge in [-0.15, -0.1) is 11.3 Å². The molecule has 0 saturated heterocycles. The van der Waals surface area contributed by atoms with Crippen molar-refractivity contribution in [3.8, 4) is 0 Å². The fraction of sp³-hybridized carbons (Fsp3) is 0.767. The van der Waals surface area contributed by atoms with E-state index in [4.69, 9.17) is 16.6 Å². The molecular formula is C30H42ClNO3S. The van der Waals surface area contributed by atoms with E-state index >= 15 is 0 Å². The van der Waals surface area contributed by atoms with Crippen LogP contribution >= 0.6 is 22.9 Å². The molecule has 3 N–H and O–H groups in total. The van der Waals surface area contributed by atoms with Gasteiger partial charge in [0.1, 0.15) is 0 Å². The van der Waals surface area contributed by atoms with Gasteiger partial charge >= 0.3 is 0 Å². The molecule has 1 heterocycles. The van der Waals surface area contributed by atoms with Crippen molar-refractivity contribution in [2.75, 3.05) is 0 Å². The molecule has 0 spiro atoms. The molecule has 4 saturated carbocycles. The number of aliphatic hydroxyl groups excluding tert-OH is 3. The highest BCUT2D eigenvalue weighted by molar-refractivity contribution is 7.18. The molecule has 4 aliphatic carbocycles. The molecule has 36 heavy (non-hydrogen) atoms. The third-order valence-electron chi connectivity index (χ3n) is 11.7. The standard InChI is InChI=1S/C30H42ClNO3S/c1-16(4-9-27-32-23-14-18(31)5-8-25(23)36-27)20-6-7-21-28-22(15-26(35)30(20,21)3)29(2)11-10-19(33)12-17(29)13-24(28)34/h5,8,14,16-17,19-22,24,26,28,33-35H,4,6-7,9-13,15H2,1-3H3/t16?,17-,19+,20+,21-,22-,24+,26-,28-,29-,30+/m0/s1. The van der Waals surface area contributed by atoms with Gasteiger partial charge in [0, 0.05) is 5.02 Å². The molecule has 11 atom stereocenters. The Morgan fingerprint density at radius 2 is 1.89 bits per heavy atom.